The summed E-state index contributed by atoms with van der Waals surface area (Å²) in [7, 11) is 0. The normalized spacial score (nSPS) is 16.3. The molecule has 2 aromatic carbocycles. The van der Waals surface area contributed by atoms with Crippen molar-refractivity contribution in [2.45, 2.75) is 64.2 Å². The van der Waals surface area contributed by atoms with Crippen LogP contribution in [0.5, 0.6) is 0 Å². The van der Waals surface area contributed by atoms with Gasteiger partial charge < -0.3 is 10.6 Å². The number of rotatable bonds is 5. The molecule has 1 aliphatic carbocycles. The highest BCUT2D eigenvalue weighted by molar-refractivity contribution is 5.86. The Kier molecular flexibility index (Phi) is 6.50. The number of aryl methyl sites for hydroxylation is 2. The van der Waals surface area contributed by atoms with Crippen LogP contribution < -0.4 is 10.6 Å². The van der Waals surface area contributed by atoms with Gasteiger partial charge in [0.25, 0.3) is 0 Å². The molecule has 29 heavy (non-hydrogen) atoms. The molecule has 0 heterocycles. The number of carbonyl (C=O) groups excluding carboxylic acids is 1. The smallest absolute Gasteiger partial charge is 0.370 e. The number of hydrogen-bond donors (Lipinski definition) is 2. The lowest BCUT2D eigenvalue weighted by Crippen LogP contribution is -2.41. The van der Waals surface area contributed by atoms with Crippen molar-refractivity contribution in [1.82, 2.24) is 5.32 Å². The lowest BCUT2D eigenvalue weighted by atomic mass is 9.94. The Balaban J connectivity index is 1.89. The van der Waals surface area contributed by atoms with Crippen molar-refractivity contribution >= 4 is 11.6 Å². The molecule has 1 amide bonds. The fourth-order valence-electron chi connectivity index (χ4n) is 3.92. The van der Waals surface area contributed by atoms with Crippen molar-refractivity contribution in [2.75, 3.05) is 5.32 Å². The molecule has 1 saturated carbocycles. The van der Waals surface area contributed by atoms with E-state index in [9.17, 15) is 18.0 Å². The average molecular weight is 404 g/mol. The highest BCUT2D eigenvalue weighted by Crippen LogP contribution is 2.32. The van der Waals surface area contributed by atoms with Crippen molar-refractivity contribution in [1.29, 1.82) is 0 Å². The van der Waals surface area contributed by atoms with Crippen LogP contribution in [0.1, 0.15) is 60.4 Å². The summed E-state index contributed by atoms with van der Waals surface area (Å²) in [5.41, 5.74) is 2.28. The maximum Gasteiger partial charge on any atom is 0.416 e. The van der Waals surface area contributed by atoms with Crippen LogP contribution in [0.4, 0.5) is 18.9 Å². The van der Waals surface area contributed by atoms with E-state index >= 15 is 0 Å². The van der Waals surface area contributed by atoms with Gasteiger partial charge in [0.15, 0.2) is 0 Å². The van der Waals surface area contributed by atoms with Crippen molar-refractivity contribution in [2.24, 2.45) is 0 Å². The zero-order chi connectivity index (χ0) is 21.0. The fourth-order valence-corrected chi connectivity index (χ4v) is 3.92. The summed E-state index contributed by atoms with van der Waals surface area (Å²) in [5, 5.41) is 6.15. The van der Waals surface area contributed by atoms with Gasteiger partial charge in [-0.05, 0) is 56.0 Å². The van der Waals surface area contributed by atoms with Gasteiger partial charge >= 0.3 is 6.18 Å². The van der Waals surface area contributed by atoms with Crippen LogP contribution in [0.3, 0.4) is 0 Å². The number of nitrogens with one attached hydrogen (secondary N) is 2. The van der Waals surface area contributed by atoms with E-state index in [0.29, 0.717) is 0 Å². The molecule has 0 aliphatic heterocycles. The second-order valence-corrected chi connectivity index (χ2v) is 7.86. The molecular weight excluding hydrogens is 377 g/mol. The molecule has 3 rings (SSSR count). The molecule has 0 bridgehead atoms. The van der Waals surface area contributed by atoms with E-state index in [1.165, 1.54) is 12.5 Å². The second-order valence-electron chi connectivity index (χ2n) is 7.86. The highest BCUT2D eigenvalue weighted by Gasteiger charge is 2.31. The first-order chi connectivity index (χ1) is 13.7. The second kappa shape index (κ2) is 8.89. The molecule has 1 aliphatic rings. The molecular formula is C23H27F3N2O. The Labute approximate surface area is 169 Å². The monoisotopic (exact) mass is 404 g/mol. The molecule has 2 N–H and O–H groups in total. The Morgan fingerprint density at radius 1 is 1.03 bits per heavy atom. The molecule has 1 unspecified atom stereocenters. The van der Waals surface area contributed by atoms with Gasteiger partial charge in [0, 0.05) is 11.7 Å². The zero-order valence-electron chi connectivity index (χ0n) is 16.8. The van der Waals surface area contributed by atoms with Crippen LogP contribution in [0.15, 0.2) is 42.5 Å². The molecule has 2 aromatic rings. The minimum absolute atomic E-state index is 0.118. The maximum absolute atomic E-state index is 13.1. The van der Waals surface area contributed by atoms with E-state index in [2.05, 4.69) is 10.6 Å². The largest absolute Gasteiger partial charge is 0.416 e. The van der Waals surface area contributed by atoms with Gasteiger partial charge in [0.2, 0.25) is 5.91 Å². The molecule has 0 aromatic heterocycles. The van der Waals surface area contributed by atoms with Gasteiger partial charge in [0.05, 0.1) is 5.56 Å². The number of halogens is 3. The molecule has 0 radical (unpaired) electrons. The predicted molar refractivity (Wildman–Crippen MR) is 109 cm³/mol. The topological polar surface area (TPSA) is 41.1 Å². The predicted octanol–water partition coefficient (Wildman–Crippen LogP) is 5.92. The SMILES string of the molecule is Cc1ccc(C(Nc2cccc(C(F)(F)F)c2)C(=O)NC2CCCCC2)c(C)c1. The number of anilines is 1. The summed E-state index contributed by atoms with van der Waals surface area (Å²) in [4.78, 5) is 13.1. The molecule has 1 atom stereocenters. The molecule has 3 nitrogen and oxygen atoms in total. The molecule has 6 heteroatoms. The first-order valence-electron chi connectivity index (χ1n) is 10.1. The van der Waals surface area contributed by atoms with Crippen LogP contribution in [0, 0.1) is 13.8 Å². The van der Waals surface area contributed by atoms with E-state index in [1.807, 2.05) is 32.0 Å². The molecule has 156 valence electrons. The molecule has 0 spiro atoms. The van der Waals surface area contributed by atoms with E-state index < -0.39 is 17.8 Å². The lowest BCUT2D eigenvalue weighted by molar-refractivity contribution is -0.137. The Morgan fingerprint density at radius 2 is 1.76 bits per heavy atom. The van der Waals surface area contributed by atoms with Crippen LogP contribution in [-0.2, 0) is 11.0 Å². The maximum atomic E-state index is 13.1. The summed E-state index contributed by atoms with van der Waals surface area (Å²) >= 11 is 0. The summed E-state index contributed by atoms with van der Waals surface area (Å²) in [5.74, 6) is -0.207. The third-order valence-electron chi connectivity index (χ3n) is 5.45. The van der Waals surface area contributed by atoms with Crippen molar-refractivity contribution in [3.8, 4) is 0 Å². The third-order valence-corrected chi connectivity index (χ3v) is 5.45. The van der Waals surface area contributed by atoms with E-state index in [-0.39, 0.29) is 17.6 Å². The first-order valence-corrected chi connectivity index (χ1v) is 10.1. The standard InChI is InChI=1S/C23H27F3N2O/c1-15-11-12-20(16(2)13-15)21(22(29)28-18-8-4-3-5-9-18)27-19-10-6-7-17(14-19)23(24,25)26/h6-7,10-14,18,21,27H,3-5,8-9H2,1-2H3,(H,28,29). The third kappa shape index (κ3) is 5.52. The van der Waals surface area contributed by atoms with E-state index in [1.54, 1.807) is 6.07 Å². The van der Waals surface area contributed by atoms with Gasteiger partial charge in [-0.25, -0.2) is 0 Å². The van der Waals surface area contributed by atoms with Gasteiger partial charge in [-0.15, -0.1) is 0 Å². The Hall–Kier alpha value is -2.50. The number of hydrogen-bond acceptors (Lipinski definition) is 2. The molecule has 1 fully saturated rings. The first kappa shape index (κ1) is 21.2. The van der Waals surface area contributed by atoms with Crippen molar-refractivity contribution in [3.63, 3.8) is 0 Å². The zero-order valence-corrected chi connectivity index (χ0v) is 16.8. The minimum atomic E-state index is -4.43. The number of benzene rings is 2. The van der Waals surface area contributed by atoms with E-state index in [4.69, 9.17) is 0 Å². The van der Waals surface area contributed by atoms with Gasteiger partial charge in [0.1, 0.15) is 6.04 Å². The number of alkyl halides is 3. The summed E-state index contributed by atoms with van der Waals surface area (Å²) < 4.78 is 39.3. The quantitative estimate of drug-likeness (QED) is 0.649. The summed E-state index contributed by atoms with van der Waals surface area (Å²) in [6.07, 6.45) is 0.789. The summed E-state index contributed by atoms with van der Waals surface area (Å²) in [6.45, 7) is 3.88. The Morgan fingerprint density at radius 3 is 2.41 bits per heavy atom. The van der Waals surface area contributed by atoms with Crippen LogP contribution in [0.2, 0.25) is 0 Å². The van der Waals surface area contributed by atoms with Crippen LogP contribution >= 0.6 is 0 Å². The van der Waals surface area contributed by atoms with Crippen LogP contribution in [-0.4, -0.2) is 11.9 Å². The highest BCUT2D eigenvalue weighted by atomic mass is 19.4. The van der Waals surface area contributed by atoms with Gasteiger partial charge in [-0.2, -0.15) is 13.2 Å². The van der Waals surface area contributed by atoms with Crippen molar-refractivity contribution in [3.05, 3.63) is 64.7 Å². The molecule has 0 saturated heterocycles. The lowest BCUT2D eigenvalue weighted by Gasteiger charge is -2.27. The van der Waals surface area contributed by atoms with Gasteiger partial charge in [-0.1, -0.05) is 49.1 Å². The number of carbonyl (C=O) groups is 1. The fraction of sp³-hybridized carbons (Fsp3) is 0.435. The summed E-state index contributed by atoms with van der Waals surface area (Å²) in [6, 6.07) is 10.1. The van der Waals surface area contributed by atoms with Crippen LogP contribution in [0.25, 0.3) is 0 Å². The minimum Gasteiger partial charge on any atom is -0.370 e. The van der Waals surface area contributed by atoms with Gasteiger partial charge in [-0.3, -0.25) is 4.79 Å². The van der Waals surface area contributed by atoms with Crippen molar-refractivity contribution < 1.29 is 18.0 Å². The average Bonchev–Trinajstić information content (AvgIpc) is 2.67. The van der Waals surface area contributed by atoms with E-state index in [0.717, 1.165) is 54.5 Å². The Bertz CT molecular complexity index is 857. The number of amides is 1.